The minimum Gasteiger partial charge on any atom is -0.378 e. The van der Waals surface area contributed by atoms with E-state index in [1.54, 1.807) is 0 Å². The van der Waals surface area contributed by atoms with E-state index in [2.05, 4.69) is 16.0 Å². The number of morpholine rings is 1. The SMILES string of the molecule is Cc1nn(C2=C(N3CCOCC3)CCC=N2)cc1CN1CCC2(CC1)OCC(F)(F)c1cc(Cl)sc12. The second kappa shape index (κ2) is 9.47. The normalized spacial score (nSPS) is 23.9. The quantitative estimate of drug-likeness (QED) is 0.558. The molecule has 6 heterocycles. The van der Waals surface area contributed by atoms with Crippen molar-refractivity contribution in [2.75, 3.05) is 46.0 Å². The fourth-order valence-electron chi connectivity index (χ4n) is 5.65. The predicted molar refractivity (Wildman–Crippen MR) is 136 cm³/mol. The molecule has 2 aromatic rings. The highest BCUT2D eigenvalue weighted by atomic mass is 35.5. The summed E-state index contributed by atoms with van der Waals surface area (Å²) in [5.41, 5.74) is 2.74. The van der Waals surface area contributed by atoms with Gasteiger partial charge in [0.25, 0.3) is 5.92 Å². The van der Waals surface area contributed by atoms with Gasteiger partial charge in [0.05, 0.1) is 28.9 Å². The molecule has 2 fully saturated rings. The zero-order valence-electron chi connectivity index (χ0n) is 20.3. The molecule has 2 aromatic heterocycles. The summed E-state index contributed by atoms with van der Waals surface area (Å²) in [4.78, 5) is 10.0. The summed E-state index contributed by atoms with van der Waals surface area (Å²) >= 11 is 7.38. The summed E-state index contributed by atoms with van der Waals surface area (Å²) in [6.07, 6.45) is 7.28. The van der Waals surface area contributed by atoms with Gasteiger partial charge >= 0.3 is 0 Å². The summed E-state index contributed by atoms with van der Waals surface area (Å²) in [6.45, 7) is 6.94. The molecule has 6 rings (SSSR count). The number of allylic oxidation sites excluding steroid dienone is 1. The van der Waals surface area contributed by atoms with Crippen molar-refractivity contribution in [1.82, 2.24) is 19.6 Å². The maximum absolute atomic E-state index is 14.4. The molecule has 4 aliphatic heterocycles. The molecular weight excluding hydrogens is 508 g/mol. The molecule has 0 atom stereocenters. The van der Waals surface area contributed by atoms with Crippen molar-refractivity contribution in [2.24, 2.45) is 4.99 Å². The summed E-state index contributed by atoms with van der Waals surface area (Å²) in [6, 6.07) is 1.42. The van der Waals surface area contributed by atoms with Gasteiger partial charge in [0.1, 0.15) is 12.2 Å². The van der Waals surface area contributed by atoms with Crippen molar-refractivity contribution in [1.29, 1.82) is 0 Å². The Bertz CT molecular complexity index is 1200. The van der Waals surface area contributed by atoms with Gasteiger partial charge in [-0.3, -0.25) is 4.90 Å². The number of aliphatic imine (C=N–C) groups is 1. The van der Waals surface area contributed by atoms with E-state index < -0.39 is 18.1 Å². The van der Waals surface area contributed by atoms with Crippen LogP contribution in [0.25, 0.3) is 5.82 Å². The summed E-state index contributed by atoms with van der Waals surface area (Å²) < 4.78 is 42.6. The molecule has 0 amide bonds. The standard InChI is InChI=1S/C25H30ClF2N5O2S/c1-17-18(15-33(30-17)23-20(3-2-6-29-23)32-9-11-34-12-10-32)14-31-7-4-24(5-8-31)22-19(13-21(26)36-22)25(27,28)16-35-24/h6,13,15H,2-5,7-12,14,16H2,1H3. The van der Waals surface area contributed by atoms with Crippen molar-refractivity contribution in [3.8, 4) is 0 Å². The van der Waals surface area contributed by atoms with Crippen LogP contribution in [0.4, 0.5) is 8.78 Å². The van der Waals surface area contributed by atoms with Crippen LogP contribution >= 0.6 is 22.9 Å². The summed E-state index contributed by atoms with van der Waals surface area (Å²) in [7, 11) is 0. The highest BCUT2D eigenvalue weighted by Crippen LogP contribution is 2.52. The van der Waals surface area contributed by atoms with Gasteiger partial charge in [-0.1, -0.05) is 11.6 Å². The van der Waals surface area contributed by atoms with Crippen molar-refractivity contribution in [3.63, 3.8) is 0 Å². The molecule has 36 heavy (non-hydrogen) atoms. The van der Waals surface area contributed by atoms with E-state index in [1.807, 2.05) is 17.8 Å². The molecule has 2 saturated heterocycles. The van der Waals surface area contributed by atoms with Crippen molar-refractivity contribution < 1.29 is 18.3 Å². The van der Waals surface area contributed by atoms with Crippen LogP contribution in [0.1, 0.15) is 47.4 Å². The Morgan fingerprint density at radius 2 is 1.94 bits per heavy atom. The first-order valence-corrected chi connectivity index (χ1v) is 13.7. The van der Waals surface area contributed by atoms with Gasteiger partial charge in [-0.25, -0.2) is 9.67 Å². The van der Waals surface area contributed by atoms with Gasteiger partial charge in [0.15, 0.2) is 5.82 Å². The number of rotatable bonds is 4. The first-order valence-electron chi connectivity index (χ1n) is 12.5. The number of piperidine rings is 1. The molecule has 0 aliphatic carbocycles. The number of alkyl halides is 2. The van der Waals surface area contributed by atoms with Crippen LogP contribution in [-0.4, -0.2) is 71.8 Å². The average molecular weight is 538 g/mol. The van der Waals surface area contributed by atoms with Crippen molar-refractivity contribution in [3.05, 3.63) is 44.0 Å². The number of thiophene rings is 1. The third-order valence-corrected chi connectivity index (χ3v) is 9.14. The monoisotopic (exact) mass is 537 g/mol. The lowest BCUT2D eigenvalue weighted by Crippen LogP contribution is -2.48. The van der Waals surface area contributed by atoms with Gasteiger partial charge in [0.2, 0.25) is 0 Å². The second-order valence-corrected chi connectivity index (χ2v) is 11.6. The number of nitrogens with zero attached hydrogens (tertiary/aromatic N) is 5. The topological polar surface area (TPSA) is 55.1 Å². The average Bonchev–Trinajstić information content (AvgIpc) is 3.47. The van der Waals surface area contributed by atoms with Crippen LogP contribution in [0.2, 0.25) is 4.34 Å². The lowest BCUT2D eigenvalue weighted by molar-refractivity contribution is -0.182. The smallest absolute Gasteiger partial charge is 0.297 e. The largest absolute Gasteiger partial charge is 0.378 e. The number of halogens is 3. The van der Waals surface area contributed by atoms with E-state index in [-0.39, 0.29) is 5.56 Å². The van der Waals surface area contributed by atoms with Crippen LogP contribution in [0.3, 0.4) is 0 Å². The van der Waals surface area contributed by atoms with E-state index >= 15 is 0 Å². The molecule has 194 valence electrons. The number of fused-ring (bicyclic) bond motifs is 2. The Morgan fingerprint density at radius 1 is 1.17 bits per heavy atom. The van der Waals surface area contributed by atoms with Crippen molar-refractivity contribution in [2.45, 2.75) is 50.7 Å². The predicted octanol–water partition coefficient (Wildman–Crippen LogP) is 4.84. The molecular formula is C25H30ClF2N5O2S. The number of aryl methyl sites for hydroxylation is 1. The van der Waals surface area contributed by atoms with E-state index in [9.17, 15) is 8.78 Å². The van der Waals surface area contributed by atoms with Crippen LogP contribution in [0.5, 0.6) is 0 Å². The highest BCUT2D eigenvalue weighted by Gasteiger charge is 2.51. The number of hydrogen-bond donors (Lipinski definition) is 0. The first-order chi connectivity index (χ1) is 17.3. The molecule has 1 spiro atoms. The third-order valence-electron chi connectivity index (χ3n) is 7.69. The molecule has 0 bridgehead atoms. The van der Waals surface area contributed by atoms with E-state index in [0.29, 0.717) is 22.1 Å². The van der Waals surface area contributed by atoms with E-state index in [0.717, 1.165) is 75.9 Å². The number of ether oxygens (including phenoxy) is 2. The van der Waals surface area contributed by atoms with Gasteiger partial charge in [-0.15, -0.1) is 11.3 Å². The maximum atomic E-state index is 14.4. The molecule has 11 heteroatoms. The Labute approximate surface area is 218 Å². The molecule has 4 aliphatic rings. The Morgan fingerprint density at radius 3 is 2.72 bits per heavy atom. The Kier molecular flexibility index (Phi) is 6.44. The highest BCUT2D eigenvalue weighted by molar-refractivity contribution is 7.16. The van der Waals surface area contributed by atoms with Gasteiger partial charge in [-0.2, -0.15) is 13.9 Å². The van der Waals surface area contributed by atoms with E-state index in [1.165, 1.54) is 23.1 Å². The molecule has 0 radical (unpaired) electrons. The van der Waals surface area contributed by atoms with Crippen molar-refractivity contribution >= 4 is 35.0 Å². The van der Waals surface area contributed by atoms with Crippen LogP contribution in [0, 0.1) is 6.92 Å². The zero-order valence-corrected chi connectivity index (χ0v) is 21.9. The van der Waals surface area contributed by atoms with Gasteiger partial charge < -0.3 is 14.4 Å². The summed E-state index contributed by atoms with van der Waals surface area (Å²) in [5.74, 6) is -2.09. The third kappa shape index (κ3) is 4.41. The Balaban J connectivity index is 1.18. The second-order valence-electron chi connectivity index (χ2n) is 9.96. The fourth-order valence-corrected chi connectivity index (χ4v) is 7.13. The Hall–Kier alpha value is -1.85. The molecule has 0 unspecified atom stereocenters. The van der Waals surface area contributed by atoms with Crippen LogP contribution < -0.4 is 0 Å². The molecule has 0 saturated carbocycles. The number of likely N-dealkylation sites (tertiary alicyclic amines) is 1. The maximum Gasteiger partial charge on any atom is 0.297 e. The molecule has 0 aromatic carbocycles. The van der Waals surface area contributed by atoms with Gasteiger partial charge in [0, 0.05) is 61.1 Å². The lowest BCUT2D eigenvalue weighted by Gasteiger charge is -2.45. The minimum absolute atomic E-state index is 0.0479. The fraction of sp³-hybridized carbons (Fsp3) is 0.600. The van der Waals surface area contributed by atoms with Crippen LogP contribution in [-0.2, 0) is 27.5 Å². The minimum atomic E-state index is -2.98. The lowest BCUT2D eigenvalue weighted by atomic mass is 9.84. The van der Waals surface area contributed by atoms with E-state index in [4.69, 9.17) is 31.2 Å². The molecule has 0 N–H and O–H groups in total. The zero-order chi connectivity index (χ0) is 24.9. The first kappa shape index (κ1) is 24.5. The molecule has 7 nitrogen and oxygen atoms in total. The number of aromatic nitrogens is 2. The summed E-state index contributed by atoms with van der Waals surface area (Å²) in [5, 5.41) is 4.82. The van der Waals surface area contributed by atoms with Crippen LogP contribution in [0.15, 0.2) is 23.0 Å². The number of hydrogen-bond acceptors (Lipinski definition) is 7. The van der Waals surface area contributed by atoms with Gasteiger partial charge in [-0.05, 0) is 38.7 Å².